The average molecular weight is 399 g/mol. The molecule has 0 aromatic carbocycles. The van der Waals surface area contributed by atoms with Crippen LogP contribution in [-0.2, 0) is 28.9 Å². The summed E-state index contributed by atoms with van der Waals surface area (Å²) in [5, 5.41) is 63.9. The molecular formula is C15H27O12-. The Kier molecular flexibility index (Phi) is 8.73. The van der Waals surface area contributed by atoms with E-state index in [4.69, 9.17) is 18.9 Å². The summed E-state index contributed by atoms with van der Waals surface area (Å²) >= 11 is 0. The van der Waals surface area contributed by atoms with Gasteiger partial charge in [0.05, 0.1) is 32.0 Å². The van der Waals surface area contributed by atoms with E-state index in [-0.39, 0.29) is 13.2 Å². The van der Waals surface area contributed by atoms with Gasteiger partial charge >= 0.3 is 0 Å². The zero-order valence-electron chi connectivity index (χ0n) is 15.0. The number of rotatable bonds is 7. The minimum Gasteiger partial charge on any atom is -0.692 e. The van der Waals surface area contributed by atoms with E-state index in [0.717, 1.165) is 0 Å². The maximum Gasteiger partial charge on any atom is 0.185 e. The van der Waals surface area contributed by atoms with Crippen molar-refractivity contribution in [1.29, 1.82) is 0 Å². The number of aliphatic hydroxyl groups is 5. The third kappa shape index (κ3) is 5.12. The second-order valence-corrected chi connectivity index (χ2v) is 6.70. The van der Waals surface area contributed by atoms with Gasteiger partial charge in [-0.25, -0.2) is 4.89 Å². The monoisotopic (exact) mass is 399 g/mol. The number of ether oxygens (including phenoxy) is 4. The highest BCUT2D eigenvalue weighted by Crippen LogP contribution is 2.31. The van der Waals surface area contributed by atoms with Gasteiger partial charge in [-0.3, -0.25) is 5.04 Å². The van der Waals surface area contributed by atoms with Crippen molar-refractivity contribution >= 4 is 0 Å². The molecule has 2 rings (SSSR count). The van der Waals surface area contributed by atoms with E-state index in [0.29, 0.717) is 0 Å². The highest BCUT2D eigenvalue weighted by molar-refractivity contribution is 4.91. The van der Waals surface area contributed by atoms with Gasteiger partial charge in [0.25, 0.3) is 0 Å². The number of hydrogen-bond acceptors (Lipinski definition) is 12. The maximum absolute atomic E-state index is 10.5. The molecule has 0 spiro atoms. The molecule has 2 fully saturated rings. The summed E-state index contributed by atoms with van der Waals surface area (Å²) in [5.41, 5.74) is 0. The predicted molar refractivity (Wildman–Crippen MR) is 81.1 cm³/mol. The van der Waals surface area contributed by atoms with Crippen LogP contribution >= 0.6 is 0 Å². The Bertz CT molecular complexity index is 437. The van der Waals surface area contributed by atoms with Crippen molar-refractivity contribution in [1.82, 2.24) is 0 Å². The molecule has 0 amide bonds. The van der Waals surface area contributed by atoms with Crippen molar-refractivity contribution in [2.45, 2.75) is 56.1 Å². The molecule has 0 aromatic heterocycles. The minimum atomic E-state index is -1.55. The summed E-state index contributed by atoms with van der Waals surface area (Å²) in [6.45, 7) is 0.550. The summed E-state index contributed by atoms with van der Waals surface area (Å²) in [5.74, 6) is -1.49. The Hall–Kier alpha value is -0.480. The van der Waals surface area contributed by atoms with Gasteiger partial charge in [-0.1, -0.05) is 6.92 Å². The first-order chi connectivity index (χ1) is 12.8. The molecule has 4 unspecified atom stereocenters. The molecule has 12 nitrogen and oxygen atoms in total. The third-order valence-electron chi connectivity index (χ3n) is 4.98. The standard InChI is InChI=1S/C15H28O12/c1-6-9(17)8(3-16)25-15(10(6)18)26-13-7(5-24-27-21)4-23-14(22-2)12(20)11(13)19/h6-21H,3-5H2,1-2H3/p-1/t6-,7?,8?,9+,10?,11?,12-,13-,14+,15-/m0/s1. The van der Waals surface area contributed by atoms with Crippen LogP contribution in [0.1, 0.15) is 6.92 Å². The molecular weight excluding hydrogens is 372 g/mol. The summed E-state index contributed by atoms with van der Waals surface area (Å²) in [6.07, 6.45) is -10.2. The summed E-state index contributed by atoms with van der Waals surface area (Å²) in [7, 11) is 1.27. The van der Waals surface area contributed by atoms with Crippen molar-refractivity contribution < 1.29 is 59.7 Å². The molecule has 12 heteroatoms. The molecule has 2 aliphatic heterocycles. The number of aliphatic hydroxyl groups excluding tert-OH is 5. The zero-order chi connectivity index (χ0) is 20.1. The Morgan fingerprint density at radius 1 is 1.04 bits per heavy atom. The van der Waals surface area contributed by atoms with Crippen LogP contribution in [0.15, 0.2) is 0 Å². The van der Waals surface area contributed by atoms with Crippen LogP contribution in [-0.4, -0.2) is 102 Å². The zero-order valence-corrected chi connectivity index (χ0v) is 15.0. The van der Waals surface area contributed by atoms with Crippen LogP contribution in [0.4, 0.5) is 0 Å². The molecule has 2 heterocycles. The van der Waals surface area contributed by atoms with E-state index in [9.17, 15) is 30.8 Å². The first-order valence-electron chi connectivity index (χ1n) is 8.55. The van der Waals surface area contributed by atoms with Gasteiger partial charge in [0.1, 0.15) is 24.4 Å². The fraction of sp³-hybridized carbons (Fsp3) is 1.00. The van der Waals surface area contributed by atoms with Gasteiger partial charge < -0.3 is 49.7 Å². The molecule has 2 saturated heterocycles. The van der Waals surface area contributed by atoms with E-state index in [1.807, 2.05) is 0 Å². The average Bonchev–Trinajstić information content (AvgIpc) is 2.78. The Morgan fingerprint density at radius 2 is 1.74 bits per heavy atom. The Morgan fingerprint density at radius 3 is 2.33 bits per heavy atom. The lowest BCUT2D eigenvalue weighted by Crippen LogP contribution is -2.58. The van der Waals surface area contributed by atoms with Crippen molar-refractivity contribution in [3.63, 3.8) is 0 Å². The van der Waals surface area contributed by atoms with E-state index < -0.39 is 67.6 Å². The topological polar surface area (TPSA) is 180 Å². The minimum absolute atomic E-state index is 0.134. The molecule has 10 atom stereocenters. The molecule has 27 heavy (non-hydrogen) atoms. The van der Waals surface area contributed by atoms with Crippen molar-refractivity contribution in [2.24, 2.45) is 11.8 Å². The lowest BCUT2D eigenvalue weighted by atomic mass is 9.90. The molecule has 0 aliphatic carbocycles. The van der Waals surface area contributed by atoms with Crippen LogP contribution in [0.5, 0.6) is 0 Å². The van der Waals surface area contributed by atoms with Gasteiger partial charge in [-0.05, 0) is 0 Å². The molecule has 0 radical (unpaired) electrons. The number of methoxy groups -OCH3 is 1. The quantitative estimate of drug-likeness (QED) is 0.207. The highest BCUT2D eigenvalue weighted by atomic mass is 17.5. The fourth-order valence-electron chi connectivity index (χ4n) is 3.24. The normalized spacial score (nSPS) is 46.2. The van der Waals surface area contributed by atoms with Gasteiger partial charge in [-0.2, -0.15) is 0 Å². The summed E-state index contributed by atoms with van der Waals surface area (Å²) in [4.78, 5) is 4.38. The van der Waals surface area contributed by atoms with Gasteiger partial charge in [0.15, 0.2) is 12.6 Å². The predicted octanol–water partition coefficient (Wildman–Crippen LogP) is -3.99. The van der Waals surface area contributed by atoms with E-state index in [2.05, 4.69) is 9.93 Å². The largest absolute Gasteiger partial charge is 0.692 e. The van der Waals surface area contributed by atoms with Crippen molar-refractivity contribution in [3.05, 3.63) is 0 Å². The second kappa shape index (κ2) is 10.3. The second-order valence-electron chi connectivity index (χ2n) is 6.70. The van der Waals surface area contributed by atoms with Crippen LogP contribution < -0.4 is 5.26 Å². The van der Waals surface area contributed by atoms with E-state index in [1.165, 1.54) is 7.11 Å². The third-order valence-corrected chi connectivity index (χ3v) is 4.98. The maximum atomic E-state index is 10.5. The Balaban J connectivity index is 2.19. The van der Waals surface area contributed by atoms with Crippen molar-refractivity contribution in [3.8, 4) is 0 Å². The summed E-state index contributed by atoms with van der Waals surface area (Å²) < 4.78 is 21.4. The first-order valence-corrected chi connectivity index (χ1v) is 8.55. The fourth-order valence-corrected chi connectivity index (χ4v) is 3.24. The van der Waals surface area contributed by atoms with Gasteiger partial charge in [0.2, 0.25) is 0 Å². The smallest absolute Gasteiger partial charge is 0.185 e. The van der Waals surface area contributed by atoms with Crippen LogP contribution in [0.2, 0.25) is 0 Å². The van der Waals surface area contributed by atoms with Crippen molar-refractivity contribution in [2.75, 3.05) is 26.9 Å². The molecule has 0 aromatic rings. The van der Waals surface area contributed by atoms with Crippen LogP contribution in [0.25, 0.3) is 0 Å². The van der Waals surface area contributed by atoms with Crippen LogP contribution in [0, 0.1) is 11.8 Å². The highest BCUT2D eigenvalue weighted by Gasteiger charge is 2.48. The lowest BCUT2D eigenvalue weighted by molar-refractivity contribution is -0.800. The molecule has 0 saturated carbocycles. The molecule has 160 valence electrons. The SMILES string of the molecule is CO[C@@H]1OCC(COO[O-])[C@H](O[C@@H]2OC(CO)[C@H](O)[C@H](C)C2O)C(O)[C@@H]1O. The lowest BCUT2D eigenvalue weighted by Gasteiger charge is -2.43. The molecule has 0 bridgehead atoms. The molecule has 2 aliphatic rings. The first kappa shape index (κ1) is 22.8. The summed E-state index contributed by atoms with van der Waals surface area (Å²) in [6, 6.07) is 0. The Labute approximate surface area is 155 Å². The number of hydrogen-bond donors (Lipinski definition) is 5. The van der Waals surface area contributed by atoms with E-state index in [1.54, 1.807) is 6.92 Å². The van der Waals surface area contributed by atoms with Gasteiger partial charge in [-0.15, -0.1) is 0 Å². The molecule has 5 N–H and O–H groups in total. The van der Waals surface area contributed by atoms with Gasteiger partial charge in [0, 0.05) is 18.9 Å². The van der Waals surface area contributed by atoms with E-state index >= 15 is 0 Å². The van der Waals surface area contributed by atoms with Crippen LogP contribution in [0.3, 0.4) is 0 Å².